The van der Waals surface area contributed by atoms with E-state index in [1.807, 2.05) is 49.4 Å². The molecule has 0 fully saturated rings. The van der Waals surface area contributed by atoms with Gasteiger partial charge in [0, 0.05) is 18.1 Å². The third kappa shape index (κ3) is 7.88. The quantitative estimate of drug-likeness (QED) is 0.155. The van der Waals surface area contributed by atoms with Crippen molar-refractivity contribution in [2.45, 2.75) is 52.4 Å². The number of benzene rings is 4. The second-order valence-electron chi connectivity index (χ2n) is 10.0. The molecule has 0 aliphatic carbocycles. The molecule has 0 saturated heterocycles. The Morgan fingerprint density at radius 3 is 2.17 bits per heavy atom. The Morgan fingerprint density at radius 2 is 1.49 bits per heavy atom. The zero-order chi connectivity index (χ0) is 29.2. The van der Waals surface area contributed by atoms with Crippen LogP contribution in [0.4, 0.5) is 4.39 Å². The van der Waals surface area contributed by atoms with E-state index < -0.39 is 5.97 Å². The van der Waals surface area contributed by atoms with Crippen LogP contribution in [0, 0.1) is 5.82 Å². The van der Waals surface area contributed by atoms with Crippen molar-refractivity contribution in [2.75, 3.05) is 13.2 Å². The summed E-state index contributed by atoms with van der Waals surface area (Å²) in [6.07, 6.45) is 3.86. The van der Waals surface area contributed by atoms with Crippen LogP contribution in [0.5, 0.6) is 17.2 Å². The van der Waals surface area contributed by atoms with Crippen LogP contribution in [0.15, 0.2) is 78.9 Å². The maximum Gasteiger partial charge on any atom is 0.307 e. The third-order valence-corrected chi connectivity index (χ3v) is 7.09. The Hall–Kier alpha value is -4.32. The maximum absolute atomic E-state index is 13.3. The van der Waals surface area contributed by atoms with E-state index in [1.165, 1.54) is 12.1 Å². The molecule has 0 aliphatic rings. The van der Waals surface area contributed by atoms with Crippen molar-refractivity contribution in [1.29, 1.82) is 0 Å². The minimum absolute atomic E-state index is 0.00194. The van der Waals surface area contributed by atoms with E-state index in [2.05, 4.69) is 13.0 Å². The average molecular weight is 557 g/mol. The van der Waals surface area contributed by atoms with Crippen molar-refractivity contribution in [3.63, 3.8) is 0 Å². The van der Waals surface area contributed by atoms with Crippen LogP contribution in [-0.2, 0) is 30.5 Å². The van der Waals surface area contributed by atoms with Crippen LogP contribution in [0.3, 0.4) is 0 Å². The number of rotatable bonds is 14. The number of aliphatic carboxylic acids is 1. The summed E-state index contributed by atoms with van der Waals surface area (Å²) in [5.74, 6) is 0.405. The fourth-order valence-electron chi connectivity index (χ4n) is 5.02. The Morgan fingerprint density at radius 1 is 0.805 bits per heavy atom. The summed E-state index contributed by atoms with van der Waals surface area (Å²) in [6.45, 7) is 5.05. The van der Waals surface area contributed by atoms with Crippen LogP contribution in [-0.4, -0.2) is 29.4 Å². The molecule has 0 bridgehead atoms. The van der Waals surface area contributed by atoms with E-state index in [1.54, 1.807) is 18.2 Å². The molecule has 0 aliphatic heterocycles. The van der Waals surface area contributed by atoms with Gasteiger partial charge in [-0.2, -0.15) is 0 Å². The minimum atomic E-state index is -0.837. The van der Waals surface area contributed by atoms with Gasteiger partial charge in [-0.05, 0) is 76.9 Å². The van der Waals surface area contributed by atoms with Gasteiger partial charge < -0.3 is 19.7 Å². The van der Waals surface area contributed by atoms with E-state index in [0.717, 1.165) is 58.4 Å². The molecule has 2 N–H and O–H groups in total. The lowest BCUT2D eigenvalue weighted by molar-refractivity contribution is -0.136. The highest BCUT2D eigenvalue weighted by molar-refractivity contribution is 5.72. The van der Waals surface area contributed by atoms with Gasteiger partial charge in [0.15, 0.2) is 0 Å². The van der Waals surface area contributed by atoms with Crippen molar-refractivity contribution in [3.8, 4) is 28.4 Å². The molecular formula is C35H37FO5. The molecule has 4 aromatic carbocycles. The van der Waals surface area contributed by atoms with Gasteiger partial charge in [0.05, 0.1) is 19.6 Å². The summed E-state index contributed by atoms with van der Waals surface area (Å²) in [6, 6.07) is 23.3. The summed E-state index contributed by atoms with van der Waals surface area (Å²) in [5.41, 5.74) is 6.48. The van der Waals surface area contributed by atoms with E-state index in [0.29, 0.717) is 37.4 Å². The van der Waals surface area contributed by atoms with E-state index >= 15 is 0 Å². The molecule has 41 heavy (non-hydrogen) atoms. The third-order valence-electron chi connectivity index (χ3n) is 7.09. The van der Waals surface area contributed by atoms with Gasteiger partial charge >= 0.3 is 5.97 Å². The molecule has 0 amide bonds. The van der Waals surface area contributed by atoms with E-state index in [4.69, 9.17) is 9.47 Å². The van der Waals surface area contributed by atoms with E-state index in [-0.39, 0.29) is 18.0 Å². The lowest BCUT2D eigenvalue weighted by atomic mass is 9.93. The smallest absolute Gasteiger partial charge is 0.307 e. The van der Waals surface area contributed by atoms with Crippen molar-refractivity contribution in [1.82, 2.24) is 0 Å². The fraction of sp³-hybridized carbons (Fsp3) is 0.286. The number of phenolic OH excluding ortho intramolecular Hbond substituents is 1. The first-order valence-corrected chi connectivity index (χ1v) is 14.2. The molecule has 0 heterocycles. The molecule has 214 valence electrons. The summed E-state index contributed by atoms with van der Waals surface area (Å²) >= 11 is 0. The first-order valence-electron chi connectivity index (χ1n) is 14.2. The van der Waals surface area contributed by atoms with Gasteiger partial charge in [0.2, 0.25) is 0 Å². The Balaban J connectivity index is 1.39. The number of aromatic hydroxyl groups is 1. The summed E-state index contributed by atoms with van der Waals surface area (Å²) in [5, 5.41) is 19.9. The number of phenols is 1. The van der Waals surface area contributed by atoms with Gasteiger partial charge in [0.1, 0.15) is 23.1 Å². The zero-order valence-electron chi connectivity index (χ0n) is 23.7. The normalized spacial score (nSPS) is 10.9. The number of hydrogen-bond acceptors (Lipinski definition) is 4. The molecule has 0 aromatic heterocycles. The zero-order valence-corrected chi connectivity index (χ0v) is 23.7. The molecule has 6 heteroatoms. The van der Waals surface area contributed by atoms with Gasteiger partial charge in [-0.1, -0.05) is 68.8 Å². The second kappa shape index (κ2) is 14.4. The Kier molecular flexibility index (Phi) is 10.4. The molecule has 4 rings (SSSR count). The molecule has 5 nitrogen and oxygen atoms in total. The average Bonchev–Trinajstić information content (AvgIpc) is 2.96. The fourth-order valence-corrected chi connectivity index (χ4v) is 5.02. The highest BCUT2D eigenvalue weighted by Crippen LogP contribution is 2.36. The standard InChI is InChI=1S/C35H37FO5/c1-3-9-30-28(20-26-10-5-6-11-27(26)22-35(38)39)12-7-13-33(30)40-18-8-19-41-34-23-32(37)31(21-24(34)4-2)25-14-16-29(36)17-15-25/h5-7,10-17,21,23,37H,3-4,8-9,18-20,22H2,1-2H3,(H,38,39). The summed E-state index contributed by atoms with van der Waals surface area (Å²) in [4.78, 5) is 11.3. The molecule has 0 radical (unpaired) electrons. The summed E-state index contributed by atoms with van der Waals surface area (Å²) < 4.78 is 25.6. The minimum Gasteiger partial charge on any atom is -0.507 e. The SMILES string of the molecule is CCCc1c(Cc2ccccc2CC(=O)O)cccc1OCCCOc1cc(O)c(-c2ccc(F)cc2)cc1CC. The largest absolute Gasteiger partial charge is 0.507 e. The maximum atomic E-state index is 13.3. The number of halogens is 1. The lowest BCUT2D eigenvalue weighted by Gasteiger charge is -2.17. The Bertz CT molecular complexity index is 1460. The highest BCUT2D eigenvalue weighted by atomic mass is 19.1. The first-order chi connectivity index (χ1) is 19.9. The monoisotopic (exact) mass is 556 g/mol. The molecule has 0 saturated carbocycles. The number of aryl methyl sites for hydroxylation is 1. The predicted octanol–water partition coefficient (Wildman–Crippen LogP) is 7.78. The van der Waals surface area contributed by atoms with Crippen LogP contribution < -0.4 is 9.47 Å². The van der Waals surface area contributed by atoms with Gasteiger partial charge in [-0.3, -0.25) is 4.79 Å². The Labute approximate surface area is 241 Å². The predicted molar refractivity (Wildman–Crippen MR) is 160 cm³/mol. The first kappa shape index (κ1) is 29.7. The molecule has 0 atom stereocenters. The number of carboxylic acids is 1. The second-order valence-corrected chi connectivity index (χ2v) is 10.0. The van der Waals surface area contributed by atoms with Crippen LogP contribution >= 0.6 is 0 Å². The lowest BCUT2D eigenvalue weighted by Crippen LogP contribution is -2.09. The molecule has 0 unspecified atom stereocenters. The van der Waals surface area contributed by atoms with Crippen LogP contribution in [0.25, 0.3) is 11.1 Å². The number of carboxylic acid groups (broad SMARTS) is 1. The summed E-state index contributed by atoms with van der Waals surface area (Å²) in [7, 11) is 0. The van der Waals surface area contributed by atoms with Gasteiger partial charge in [-0.25, -0.2) is 4.39 Å². The van der Waals surface area contributed by atoms with Crippen molar-refractivity contribution in [2.24, 2.45) is 0 Å². The van der Waals surface area contributed by atoms with Crippen LogP contribution in [0.2, 0.25) is 0 Å². The molecular weight excluding hydrogens is 519 g/mol. The van der Waals surface area contributed by atoms with Crippen molar-refractivity contribution >= 4 is 5.97 Å². The van der Waals surface area contributed by atoms with Gasteiger partial charge in [0.25, 0.3) is 0 Å². The van der Waals surface area contributed by atoms with Crippen LogP contribution in [0.1, 0.15) is 54.5 Å². The molecule has 0 spiro atoms. The van der Waals surface area contributed by atoms with Gasteiger partial charge in [-0.15, -0.1) is 0 Å². The van der Waals surface area contributed by atoms with Crippen molar-refractivity contribution in [3.05, 3.63) is 112 Å². The number of ether oxygens (including phenoxy) is 2. The van der Waals surface area contributed by atoms with E-state index in [9.17, 15) is 19.4 Å². The molecule has 4 aromatic rings. The highest BCUT2D eigenvalue weighted by Gasteiger charge is 2.14. The number of carbonyl (C=O) groups is 1. The number of hydrogen-bond donors (Lipinski definition) is 2. The topological polar surface area (TPSA) is 76.0 Å². The van der Waals surface area contributed by atoms with Crippen molar-refractivity contribution < 1.29 is 28.9 Å².